The van der Waals surface area contributed by atoms with E-state index in [1.165, 1.54) is 25.6 Å². The fraction of sp³-hybridized carbons (Fsp3) is 0.375. The summed E-state index contributed by atoms with van der Waals surface area (Å²) in [5.74, 6) is -0.652. The summed E-state index contributed by atoms with van der Waals surface area (Å²) in [6, 6.07) is 1.58. The molecule has 2 heterocycles. The summed E-state index contributed by atoms with van der Waals surface area (Å²) in [5.41, 5.74) is 0.553. The van der Waals surface area contributed by atoms with Gasteiger partial charge in [0.25, 0.3) is 0 Å². The van der Waals surface area contributed by atoms with Crippen molar-refractivity contribution >= 4 is 28.2 Å². The molecule has 1 aliphatic rings. The van der Waals surface area contributed by atoms with Crippen LogP contribution < -0.4 is 20.1 Å². The Morgan fingerprint density at radius 1 is 1.36 bits per heavy atom. The molecule has 134 valence electrons. The molecule has 0 fully saturated rings. The quantitative estimate of drug-likeness (QED) is 0.602. The minimum absolute atomic E-state index is 0.109. The van der Waals surface area contributed by atoms with Crippen molar-refractivity contribution in [1.82, 2.24) is 4.98 Å². The number of nitrogens with one attached hydrogen (secondary N) is 2. The molecule has 0 saturated carbocycles. The molecule has 0 bridgehead atoms. The molecule has 2 aromatic rings. The van der Waals surface area contributed by atoms with Crippen LogP contribution in [0.1, 0.15) is 29.7 Å². The summed E-state index contributed by atoms with van der Waals surface area (Å²) in [5, 5.41) is 26.8. The fourth-order valence-electron chi connectivity index (χ4n) is 2.86. The van der Waals surface area contributed by atoms with E-state index in [-0.39, 0.29) is 29.7 Å². The second-order valence-electron chi connectivity index (χ2n) is 5.47. The first kappa shape index (κ1) is 17.2. The number of aromatic nitrogens is 1. The van der Waals surface area contributed by atoms with Gasteiger partial charge in [0, 0.05) is 24.4 Å². The molecule has 1 amide bonds. The number of aromatic hydroxyl groups is 2. The Kier molecular flexibility index (Phi) is 4.58. The van der Waals surface area contributed by atoms with Gasteiger partial charge >= 0.3 is 0 Å². The smallest absolute Gasteiger partial charge is 0.226 e. The number of hydrogen-bond acceptors (Lipinski definition) is 8. The molecule has 0 aliphatic carbocycles. The molecule has 0 unspecified atom stereocenters. The Morgan fingerprint density at radius 3 is 2.76 bits per heavy atom. The van der Waals surface area contributed by atoms with Crippen molar-refractivity contribution in [2.45, 2.75) is 19.3 Å². The number of methoxy groups -OCH3 is 2. The zero-order valence-electron chi connectivity index (χ0n) is 14.0. The maximum atomic E-state index is 12.1. The molecule has 0 saturated heterocycles. The van der Waals surface area contributed by atoms with Crippen molar-refractivity contribution in [3.63, 3.8) is 0 Å². The lowest BCUT2D eigenvalue weighted by Crippen LogP contribution is -2.23. The number of rotatable bonds is 5. The van der Waals surface area contributed by atoms with Gasteiger partial charge in [-0.2, -0.15) is 0 Å². The first-order valence-electron chi connectivity index (χ1n) is 7.71. The van der Waals surface area contributed by atoms with Gasteiger partial charge in [0.15, 0.2) is 16.6 Å². The second-order valence-corrected chi connectivity index (χ2v) is 6.50. The Hall–Kier alpha value is -2.68. The largest absolute Gasteiger partial charge is 0.502 e. The monoisotopic (exact) mass is 365 g/mol. The maximum Gasteiger partial charge on any atom is 0.226 e. The van der Waals surface area contributed by atoms with Gasteiger partial charge in [-0.25, -0.2) is 4.98 Å². The Labute approximate surface area is 148 Å². The average Bonchev–Trinajstić information content (AvgIpc) is 2.99. The van der Waals surface area contributed by atoms with Crippen molar-refractivity contribution < 1.29 is 24.5 Å². The predicted octanol–water partition coefficient (Wildman–Crippen LogP) is 2.48. The molecule has 0 radical (unpaired) electrons. The second kappa shape index (κ2) is 6.67. The number of phenols is 2. The lowest BCUT2D eigenvalue weighted by Gasteiger charge is -2.24. The van der Waals surface area contributed by atoms with E-state index in [0.29, 0.717) is 23.1 Å². The van der Waals surface area contributed by atoms with Crippen LogP contribution in [0.3, 0.4) is 0 Å². The van der Waals surface area contributed by atoms with Gasteiger partial charge in [-0.1, -0.05) is 11.3 Å². The molecule has 3 rings (SSSR count). The van der Waals surface area contributed by atoms with Crippen molar-refractivity contribution in [2.75, 3.05) is 31.4 Å². The van der Waals surface area contributed by atoms with Gasteiger partial charge in [0.2, 0.25) is 17.4 Å². The third-order valence-electron chi connectivity index (χ3n) is 3.97. The predicted molar refractivity (Wildman–Crippen MR) is 94.2 cm³/mol. The SMILES string of the molecule is CCNc1nc2c(s1)[C@@H](c1cc(OC)c(O)c(O)c1OC)CC(=O)N2. The van der Waals surface area contributed by atoms with Gasteiger partial charge in [-0.15, -0.1) is 0 Å². The number of ether oxygens (including phenoxy) is 2. The molecule has 0 spiro atoms. The molecule has 4 N–H and O–H groups in total. The Morgan fingerprint density at radius 2 is 2.12 bits per heavy atom. The van der Waals surface area contributed by atoms with Crippen LogP contribution in [0.5, 0.6) is 23.0 Å². The molecule has 1 atom stereocenters. The summed E-state index contributed by atoms with van der Waals surface area (Å²) in [4.78, 5) is 17.4. The third-order valence-corrected chi connectivity index (χ3v) is 5.09. The molecule has 1 aromatic heterocycles. The molecule has 9 heteroatoms. The number of nitrogens with zero attached hydrogens (tertiary/aromatic N) is 1. The van der Waals surface area contributed by atoms with Crippen LogP contribution >= 0.6 is 11.3 Å². The lowest BCUT2D eigenvalue weighted by molar-refractivity contribution is -0.116. The zero-order chi connectivity index (χ0) is 18.1. The van der Waals surface area contributed by atoms with Crippen molar-refractivity contribution in [2.24, 2.45) is 0 Å². The van der Waals surface area contributed by atoms with Crippen LogP contribution in [0.15, 0.2) is 6.07 Å². The van der Waals surface area contributed by atoms with Crippen molar-refractivity contribution in [3.8, 4) is 23.0 Å². The topological polar surface area (TPSA) is 113 Å². The molecular formula is C16H19N3O5S. The van der Waals surface area contributed by atoms with Crippen LogP contribution in [0.2, 0.25) is 0 Å². The van der Waals surface area contributed by atoms with Crippen LogP contribution in [0.25, 0.3) is 0 Å². The number of carbonyl (C=O) groups is 1. The first-order valence-corrected chi connectivity index (χ1v) is 8.53. The van der Waals surface area contributed by atoms with Gasteiger partial charge in [-0.3, -0.25) is 4.79 Å². The maximum absolute atomic E-state index is 12.1. The number of fused-ring (bicyclic) bond motifs is 1. The van der Waals surface area contributed by atoms with E-state index >= 15 is 0 Å². The van der Waals surface area contributed by atoms with Gasteiger partial charge in [-0.05, 0) is 13.0 Å². The van der Waals surface area contributed by atoms with Crippen LogP contribution in [0.4, 0.5) is 10.9 Å². The summed E-state index contributed by atoms with van der Waals surface area (Å²) in [6.07, 6.45) is 0.171. The van der Waals surface area contributed by atoms with Gasteiger partial charge < -0.3 is 30.3 Å². The highest BCUT2D eigenvalue weighted by molar-refractivity contribution is 7.16. The van der Waals surface area contributed by atoms with Crippen LogP contribution in [0, 0.1) is 0 Å². The van der Waals surface area contributed by atoms with E-state index in [1.807, 2.05) is 6.92 Å². The van der Waals surface area contributed by atoms with Crippen LogP contribution in [-0.4, -0.2) is 41.9 Å². The number of amides is 1. The van der Waals surface area contributed by atoms with Crippen molar-refractivity contribution in [3.05, 3.63) is 16.5 Å². The molecular weight excluding hydrogens is 346 g/mol. The molecule has 1 aromatic carbocycles. The minimum atomic E-state index is -0.416. The molecule has 1 aliphatic heterocycles. The Bertz CT molecular complexity index is 821. The highest BCUT2D eigenvalue weighted by Gasteiger charge is 2.34. The van der Waals surface area contributed by atoms with Crippen LogP contribution in [-0.2, 0) is 4.79 Å². The summed E-state index contributed by atoms with van der Waals surface area (Å²) >= 11 is 1.43. The lowest BCUT2D eigenvalue weighted by atomic mass is 9.90. The van der Waals surface area contributed by atoms with Gasteiger partial charge in [0.05, 0.1) is 19.1 Å². The summed E-state index contributed by atoms with van der Waals surface area (Å²) < 4.78 is 10.4. The standard InChI is InChI=1S/C16H19N3O5S/c1-4-17-16-19-15-14(25-16)8(6-10(20)18-15)7-5-9(23-2)11(21)12(22)13(7)24-3/h5,8,21-22H,4,6H2,1-3H3,(H,17,19)(H,18,20)/t8-/m1/s1. The van der Waals surface area contributed by atoms with Gasteiger partial charge in [0.1, 0.15) is 5.82 Å². The third kappa shape index (κ3) is 2.91. The summed E-state index contributed by atoms with van der Waals surface area (Å²) in [6.45, 7) is 2.67. The van der Waals surface area contributed by atoms with E-state index in [9.17, 15) is 15.0 Å². The Balaban J connectivity index is 2.17. The average molecular weight is 365 g/mol. The number of hydrogen-bond donors (Lipinski definition) is 4. The van der Waals surface area contributed by atoms with E-state index in [1.54, 1.807) is 6.07 Å². The van der Waals surface area contributed by atoms with E-state index in [4.69, 9.17) is 9.47 Å². The number of carbonyl (C=O) groups excluding carboxylic acids is 1. The fourth-order valence-corrected chi connectivity index (χ4v) is 3.97. The van der Waals surface area contributed by atoms with E-state index < -0.39 is 11.5 Å². The number of thiazole rings is 1. The number of benzene rings is 1. The first-order chi connectivity index (χ1) is 12.0. The number of anilines is 2. The zero-order valence-corrected chi connectivity index (χ0v) is 14.9. The highest BCUT2D eigenvalue weighted by Crippen LogP contribution is 2.52. The van der Waals surface area contributed by atoms with E-state index in [0.717, 1.165) is 4.88 Å². The van der Waals surface area contributed by atoms with Crippen molar-refractivity contribution in [1.29, 1.82) is 0 Å². The number of phenolic OH excluding ortho intramolecular Hbond substituents is 2. The normalized spacial score (nSPS) is 16.1. The highest BCUT2D eigenvalue weighted by atomic mass is 32.1. The molecule has 8 nitrogen and oxygen atoms in total. The minimum Gasteiger partial charge on any atom is -0.502 e. The molecule has 25 heavy (non-hydrogen) atoms. The van der Waals surface area contributed by atoms with E-state index in [2.05, 4.69) is 15.6 Å². The summed E-state index contributed by atoms with van der Waals surface area (Å²) in [7, 11) is 2.78.